The third-order valence-electron chi connectivity index (χ3n) is 2.31. The van der Waals surface area contributed by atoms with Crippen LogP contribution in [0.3, 0.4) is 0 Å². The predicted molar refractivity (Wildman–Crippen MR) is 70.8 cm³/mol. The van der Waals surface area contributed by atoms with E-state index in [1.165, 1.54) is 0 Å². The van der Waals surface area contributed by atoms with Crippen molar-refractivity contribution in [3.63, 3.8) is 0 Å². The number of hydrogen-bond acceptors (Lipinski definition) is 1. The van der Waals surface area contributed by atoms with Gasteiger partial charge in [-0.25, -0.2) is 0 Å². The van der Waals surface area contributed by atoms with Gasteiger partial charge in [-0.1, -0.05) is 53.2 Å². The Morgan fingerprint density at radius 1 is 1.38 bits per heavy atom. The van der Waals surface area contributed by atoms with Gasteiger partial charge in [0, 0.05) is 11.4 Å². The van der Waals surface area contributed by atoms with Gasteiger partial charge in [0.05, 0.1) is 6.42 Å². The van der Waals surface area contributed by atoms with Crippen molar-refractivity contribution >= 4 is 21.8 Å². The molecule has 3 heteroatoms. The van der Waals surface area contributed by atoms with Gasteiger partial charge < -0.3 is 5.32 Å². The average molecular weight is 284 g/mol. The molecule has 1 aromatic carbocycles. The highest BCUT2D eigenvalue weighted by Gasteiger charge is 2.02. The molecule has 1 atom stereocenters. The molecule has 0 aliphatic rings. The molecule has 0 aliphatic carbocycles. The summed E-state index contributed by atoms with van der Waals surface area (Å²) in [6.45, 7) is 2.88. The zero-order chi connectivity index (χ0) is 11.8. The Kier molecular flexibility index (Phi) is 6.16. The van der Waals surface area contributed by atoms with Crippen molar-refractivity contribution in [1.29, 1.82) is 0 Å². The molecule has 0 bridgehead atoms. The largest absolute Gasteiger partial charge is 0.356 e. The summed E-state index contributed by atoms with van der Waals surface area (Å²) in [4.78, 5) is 12.1. The Bertz CT molecular complexity index is 311. The standard InChI is InChI=1S/C13H18BrNO/c1-11(14)6-5-9-15-13(16)10-12-7-3-2-4-8-12/h2-4,7-8,11H,5-6,9-10H2,1H3,(H,15,16). The van der Waals surface area contributed by atoms with E-state index in [9.17, 15) is 4.79 Å². The van der Waals surface area contributed by atoms with Crippen molar-refractivity contribution < 1.29 is 4.79 Å². The molecule has 88 valence electrons. The van der Waals surface area contributed by atoms with Gasteiger partial charge in [0.1, 0.15) is 0 Å². The van der Waals surface area contributed by atoms with Crippen molar-refractivity contribution in [3.05, 3.63) is 35.9 Å². The van der Waals surface area contributed by atoms with Crippen LogP contribution in [-0.4, -0.2) is 17.3 Å². The van der Waals surface area contributed by atoms with Crippen molar-refractivity contribution in [1.82, 2.24) is 5.32 Å². The van der Waals surface area contributed by atoms with Crippen molar-refractivity contribution in [2.45, 2.75) is 31.0 Å². The molecule has 0 spiro atoms. The second-order valence-corrected chi connectivity index (χ2v) is 5.50. The van der Waals surface area contributed by atoms with Crippen LogP contribution in [-0.2, 0) is 11.2 Å². The molecule has 0 aliphatic heterocycles. The molecule has 0 heterocycles. The van der Waals surface area contributed by atoms with Crippen LogP contribution in [0.15, 0.2) is 30.3 Å². The highest BCUT2D eigenvalue weighted by atomic mass is 79.9. The molecule has 0 aromatic heterocycles. The summed E-state index contributed by atoms with van der Waals surface area (Å²) in [5.41, 5.74) is 1.06. The minimum absolute atomic E-state index is 0.105. The number of benzene rings is 1. The maximum atomic E-state index is 11.5. The first-order valence-corrected chi connectivity index (χ1v) is 6.54. The topological polar surface area (TPSA) is 29.1 Å². The van der Waals surface area contributed by atoms with Crippen LogP contribution >= 0.6 is 15.9 Å². The lowest BCUT2D eigenvalue weighted by atomic mass is 10.1. The number of nitrogens with one attached hydrogen (secondary N) is 1. The lowest BCUT2D eigenvalue weighted by Gasteiger charge is -2.06. The first-order chi connectivity index (χ1) is 7.68. The summed E-state index contributed by atoms with van der Waals surface area (Å²) >= 11 is 3.48. The van der Waals surface area contributed by atoms with Gasteiger partial charge in [-0.2, -0.15) is 0 Å². The van der Waals surface area contributed by atoms with E-state index in [1.54, 1.807) is 0 Å². The summed E-state index contributed by atoms with van der Waals surface area (Å²) in [5.74, 6) is 0.105. The maximum absolute atomic E-state index is 11.5. The fourth-order valence-corrected chi connectivity index (χ4v) is 1.78. The monoisotopic (exact) mass is 283 g/mol. The Hall–Kier alpha value is -0.830. The summed E-state index contributed by atoms with van der Waals surface area (Å²) < 4.78 is 0. The minimum Gasteiger partial charge on any atom is -0.356 e. The van der Waals surface area contributed by atoms with Crippen LogP contribution in [0.4, 0.5) is 0 Å². The molecule has 1 aromatic rings. The lowest BCUT2D eigenvalue weighted by Crippen LogP contribution is -2.26. The van der Waals surface area contributed by atoms with E-state index < -0.39 is 0 Å². The first-order valence-electron chi connectivity index (χ1n) is 5.63. The average Bonchev–Trinajstić information content (AvgIpc) is 2.25. The summed E-state index contributed by atoms with van der Waals surface area (Å²) in [6.07, 6.45) is 2.59. The first kappa shape index (κ1) is 13.2. The van der Waals surface area contributed by atoms with Crippen LogP contribution in [0, 0.1) is 0 Å². The summed E-state index contributed by atoms with van der Waals surface area (Å²) in [6, 6.07) is 9.81. The Morgan fingerprint density at radius 2 is 2.06 bits per heavy atom. The molecule has 0 fully saturated rings. The number of halogens is 1. The molecule has 1 N–H and O–H groups in total. The van der Waals surface area contributed by atoms with E-state index in [1.807, 2.05) is 30.3 Å². The smallest absolute Gasteiger partial charge is 0.224 e. The molecular formula is C13H18BrNO. The van der Waals surface area contributed by atoms with E-state index in [0.29, 0.717) is 11.2 Å². The van der Waals surface area contributed by atoms with Gasteiger partial charge in [-0.3, -0.25) is 4.79 Å². The normalized spacial score (nSPS) is 12.1. The molecule has 0 saturated heterocycles. The molecule has 0 radical (unpaired) electrons. The molecule has 16 heavy (non-hydrogen) atoms. The number of amides is 1. The van der Waals surface area contributed by atoms with Crippen LogP contribution in [0.2, 0.25) is 0 Å². The Morgan fingerprint density at radius 3 is 2.69 bits per heavy atom. The van der Waals surface area contributed by atoms with Gasteiger partial charge in [-0.15, -0.1) is 0 Å². The van der Waals surface area contributed by atoms with E-state index in [0.717, 1.165) is 24.9 Å². The van der Waals surface area contributed by atoms with Crippen LogP contribution < -0.4 is 5.32 Å². The van der Waals surface area contributed by atoms with E-state index in [2.05, 4.69) is 28.2 Å². The SMILES string of the molecule is CC(Br)CCCNC(=O)Cc1ccccc1. The van der Waals surface area contributed by atoms with E-state index >= 15 is 0 Å². The van der Waals surface area contributed by atoms with Crippen LogP contribution in [0.25, 0.3) is 0 Å². The highest BCUT2D eigenvalue weighted by Crippen LogP contribution is 2.05. The number of alkyl halides is 1. The predicted octanol–water partition coefficient (Wildman–Crippen LogP) is 2.91. The highest BCUT2D eigenvalue weighted by molar-refractivity contribution is 9.09. The van der Waals surface area contributed by atoms with E-state index in [4.69, 9.17) is 0 Å². The van der Waals surface area contributed by atoms with Gasteiger partial charge >= 0.3 is 0 Å². The quantitative estimate of drug-likeness (QED) is 0.631. The van der Waals surface area contributed by atoms with Crippen molar-refractivity contribution in [2.24, 2.45) is 0 Å². The molecular weight excluding hydrogens is 266 g/mol. The third kappa shape index (κ3) is 5.91. The van der Waals surface area contributed by atoms with Crippen LogP contribution in [0.5, 0.6) is 0 Å². The number of carbonyl (C=O) groups excluding carboxylic acids is 1. The van der Waals surface area contributed by atoms with E-state index in [-0.39, 0.29) is 5.91 Å². The second kappa shape index (κ2) is 7.44. The fourth-order valence-electron chi connectivity index (χ4n) is 1.45. The molecule has 1 unspecified atom stereocenters. The molecule has 1 amide bonds. The van der Waals surface area contributed by atoms with Crippen molar-refractivity contribution in [3.8, 4) is 0 Å². The maximum Gasteiger partial charge on any atom is 0.224 e. The Balaban J connectivity index is 2.17. The number of hydrogen-bond donors (Lipinski definition) is 1. The lowest BCUT2D eigenvalue weighted by molar-refractivity contribution is -0.120. The van der Waals surface area contributed by atoms with Gasteiger partial charge in [0.25, 0.3) is 0 Å². The van der Waals surface area contributed by atoms with Gasteiger partial charge in [0.2, 0.25) is 5.91 Å². The number of carbonyl (C=O) groups is 1. The zero-order valence-corrected chi connectivity index (χ0v) is 11.2. The molecule has 0 saturated carbocycles. The Labute approximate surface area is 106 Å². The third-order valence-corrected chi connectivity index (χ3v) is 2.77. The van der Waals surface area contributed by atoms with Gasteiger partial charge in [0.15, 0.2) is 0 Å². The zero-order valence-electron chi connectivity index (χ0n) is 9.58. The van der Waals surface area contributed by atoms with Gasteiger partial charge in [-0.05, 0) is 18.4 Å². The fraction of sp³-hybridized carbons (Fsp3) is 0.462. The summed E-state index contributed by atoms with van der Waals surface area (Å²) in [5, 5.41) is 2.93. The second-order valence-electron chi connectivity index (χ2n) is 3.94. The van der Waals surface area contributed by atoms with Crippen LogP contribution in [0.1, 0.15) is 25.3 Å². The summed E-state index contributed by atoms with van der Waals surface area (Å²) in [7, 11) is 0. The van der Waals surface area contributed by atoms with Crippen molar-refractivity contribution in [2.75, 3.05) is 6.54 Å². The molecule has 1 rings (SSSR count). The minimum atomic E-state index is 0.105. The number of rotatable bonds is 6. The molecule has 2 nitrogen and oxygen atoms in total.